The second-order valence-electron chi connectivity index (χ2n) is 3.70. The van der Waals surface area contributed by atoms with Crippen LogP contribution in [0.1, 0.15) is 12.0 Å². The van der Waals surface area contributed by atoms with Crippen LogP contribution in [0, 0.1) is 0 Å². The van der Waals surface area contributed by atoms with E-state index >= 15 is 0 Å². The average molecular weight is 211 g/mol. The highest BCUT2D eigenvalue weighted by Gasteiger charge is 2.21. The van der Waals surface area contributed by atoms with Crippen molar-refractivity contribution in [2.45, 2.75) is 18.9 Å². The van der Waals surface area contributed by atoms with Gasteiger partial charge in [-0.2, -0.15) is 0 Å². The molecule has 0 saturated carbocycles. The van der Waals surface area contributed by atoms with Crippen molar-refractivity contribution in [2.75, 3.05) is 18.9 Å². The van der Waals surface area contributed by atoms with Crippen LogP contribution < -0.4 is 10.6 Å². The zero-order chi connectivity index (χ0) is 9.97. The Morgan fingerprint density at radius 1 is 1.57 bits per heavy atom. The van der Waals surface area contributed by atoms with E-state index in [4.69, 9.17) is 11.6 Å². The molecule has 76 valence electrons. The third kappa shape index (κ3) is 1.86. The minimum Gasteiger partial charge on any atom is -0.382 e. The SMILES string of the molecule is CNCCC1Cc2c(Cl)cccc2N1. The molecule has 3 heteroatoms. The van der Waals surface area contributed by atoms with Crippen LogP contribution in [0.2, 0.25) is 5.02 Å². The fourth-order valence-electron chi connectivity index (χ4n) is 1.91. The molecule has 2 N–H and O–H groups in total. The minimum absolute atomic E-state index is 0.539. The van der Waals surface area contributed by atoms with Crippen molar-refractivity contribution in [3.63, 3.8) is 0 Å². The lowest BCUT2D eigenvalue weighted by Crippen LogP contribution is -2.21. The number of hydrogen-bond acceptors (Lipinski definition) is 2. The third-order valence-corrected chi connectivity index (χ3v) is 3.03. The number of anilines is 1. The Kier molecular flexibility index (Phi) is 2.94. The van der Waals surface area contributed by atoms with E-state index in [-0.39, 0.29) is 0 Å². The molecular weight excluding hydrogens is 196 g/mol. The molecule has 0 aliphatic carbocycles. The van der Waals surface area contributed by atoms with Crippen LogP contribution in [-0.4, -0.2) is 19.6 Å². The van der Waals surface area contributed by atoms with Gasteiger partial charge in [0.15, 0.2) is 0 Å². The maximum Gasteiger partial charge on any atom is 0.0459 e. The fraction of sp³-hybridized carbons (Fsp3) is 0.455. The second-order valence-corrected chi connectivity index (χ2v) is 4.11. The van der Waals surface area contributed by atoms with Gasteiger partial charge in [-0.05, 0) is 44.1 Å². The van der Waals surface area contributed by atoms with Crippen molar-refractivity contribution in [2.24, 2.45) is 0 Å². The molecule has 1 unspecified atom stereocenters. The lowest BCUT2D eigenvalue weighted by Gasteiger charge is -2.09. The van der Waals surface area contributed by atoms with Crippen LogP contribution >= 0.6 is 11.6 Å². The van der Waals surface area contributed by atoms with Gasteiger partial charge in [-0.15, -0.1) is 0 Å². The lowest BCUT2D eigenvalue weighted by molar-refractivity contribution is 0.635. The van der Waals surface area contributed by atoms with Gasteiger partial charge >= 0.3 is 0 Å². The van der Waals surface area contributed by atoms with Gasteiger partial charge in [0, 0.05) is 16.8 Å². The predicted molar refractivity (Wildman–Crippen MR) is 61.1 cm³/mol. The molecule has 0 spiro atoms. The second kappa shape index (κ2) is 4.20. The summed E-state index contributed by atoms with van der Waals surface area (Å²) in [7, 11) is 1.98. The summed E-state index contributed by atoms with van der Waals surface area (Å²) >= 11 is 6.11. The third-order valence-electron chi connectivity index (χ3n) is 2.67. The average Bonchev–Trinajstić information content (AvgIpc) is 2.59. The summed E-state index contributed by atoms with van der Waals surface area (Å²) in [6, 6.07) is 6.59. The van der Waals surface area contributed by atoms with Crippen molar-refractivity contribution in [3.05, 3.63) is 28.8 Å². The number of fused-ring (bicyclic) bond motifs is 1. The standard InChI is InChI=1S/C11H15ClN2/c1-13-6-5-8-7-9-10(12)3-2-4-11(9)14-8/h2-4,8,13-14H,5-7H2,1H3. The topological polar surface area (TPSA) is 24.1 Å². The summed E-state index contributed by atoms with van der Waals surface area (Å²) in [5, 5.41) is 7.54. The van der Waals surface area contributed by atoms with Crippen molar-refractivity contribution in [1.29, 1.82) is 0 Å². The normalized spacial score (nSPS) is 19.1. The molecule has 0 amide bonds. The van der Waals surface area contributed by atoms with Crippen LogP contribution in [-0.2, 0) is 6.42 Å². The van der Waals surface area contributed by atoms with Gasteiger partial charge in [0.05, 0.1) is 0 Å². The highest BCUT2D eigenvalue weighted by atomic mass is 35.5. The minimum atomic E-state index is 0.539. The smallest absolute Gasteiger partial charge is 0.0459 e. The molecular formula is C11H15ClN2. The number of nitrogens with one attached hydrogen (secondary N) is 2. The Balaban J connectivity index is 2.06. The number of benzene rings is 1. The molecule has 1 aromatic rings. The zero-order valence-corrected chi connectivity index (χ0v) is 9.06. The first-order chi connectivity index (χ1) is 6.81. The van der Waals surface area contributed by atoms with Crippen LogP contribution in [0.4, 0.5) is 5.69 Å². The molecule has 1 atom stereocenters. The molecule has 1 heterocycles. The Morgan fingerprint density at radius 3 is 3.14 bits per heavy atom. The van der Waals surface area contributed by atoms with Gasteiger partial charge < -0.3 is 10.6 Å². The maximum absolute atomic E-state index is 6.11. The molecule has 0 aromatic heterocycles. The fourth-order valence-corrected chi connectivity index (χ4v) is 2.16. The Morgan fingerprint density at radius 2 is 2.43 bits per heavy atom. The largest absolute Gasteiger partial charge is 0.382 e. The first kappa shape index (κ1) is 9.81. The monoisotopic (exact) mass is 210 g/mol. The van der Waals surface area contributed by atoms with E-state index in [9.17, 15) is 0 Å². The van der Waals surface area contributed by atoms with Crippen LogP contribution in [0.5, 0.6) is 0 Å². The van der Waals surface area contributed by atoms with E-state index in [1.165, 1.54) is 11.3 Å². The van der Waals surface area contributed by atoms with E-state index in [2.05, 4.69) is 16.7 Å². The summed E-state index contributed by atoms with van der Waals surface area (Å²) in [6.45, 7) is 1.04. The maximum atomic E-state index is 6.11. The van der Waals surface area contributed by atoms with Crippen molar-refractivity contribution >= 4 is 17.3 Å². The predicted octanol–water partition coefficient (Wildman–Crippen LogP) is 2.29. The van der Waals surface area contributed by atoms with E-state index in [0.29, 0.717) is 6.04 Å². The lowest BCUT2D eigenvalue weighted by atomic mass is 10.1. The van der Waals surface area contributed by atoms with E-state index in [1.54, 1.807) is 0 Å². The molecule has 1 aliphatic heterocycles. The van der Waals surface area contributed by atoms with Crippen LogP contribution in [0.3, 0.4) is 0 Å². The van der Waals surface area contributed by atoms with Crippen molar-refractivity contribution in [1.82, 2.24) is 5.32 Å². The Bertz CT molecular complexity index is 325. The van der Waals surface area contributed by atoms with Gasteiger partial charge in [0.1, 0.15) is 0 Å². The van der Waals surface area contributed by atoms with Gasteiger partial charge in [-0.1, -0.05) is 17.7 Å². The summed E-state index contributed by atoms with van der Waals surface area (Å²) in [4.78, 5) is 0. The summed E-state index contributed by atoms with van der Waals surface area (Å²) < 4.78 is 0. The first-order valence-electron chi connectivity index (χ1n) is 5.00. The van der Waals surface area contributed by atoms with Gasteiger partial charge in [-0.25, -0.2) is 0 Å². The molecule has 1 aromatic carbocycles. The molecule has 0 fully saturated rings. The van der Waals surface area contributed by atoms with Gasteiger partial charge in [0.25, 0.3) is 0 Å². The Labute approximate surface area is 89.7 Å². The molecule has 2 rings (SSSR count). The van der Waals surface area contributed by atoms with E-state index in [1.807, 2.05) is 19.2 Å². The summed E-state index contributed by atoms with van der Waals surface area (Å²) in [6.07, 6.45) is 2.19. The zero-order valence-electron chi connectivity index (χ0n) is 8.31. The van der Waals surface area contributed by atoms with Crippen LogP contribution in [0.25, 0.3) is 0 Å². The molecule has 2 nitrogen and oxygen atoms in total. The van der Waals surface area contributed by atoms with Gasteiger partial charge in [-0.3, -0.25) is 0 Å². The van der Waals surface area contributed by atoms with E-state index < -0.39 is 0 Å². The van der Waals surface area contributed by atoms with E-state index in [0.717, 1.165) is 24.4 Å². The summed E-state index contributed by atoms with van der Waals surface area (Å²) in [5.41, 5.74) is 2.48. The molecule has 0 bridgehead atoms. The van der Waals surface area contributed by atoms with Crippen LogP contribution in [0.15, 0.2) is 18.2 Å². The number of hydrogen-bond donors (Lipinski definition) is 2. The highest BCUT2D eigenvalue weighted by molar-refractivity contribution is 6.31. The van der Waals surface area contributed by atoms with Crippen molar-refractivity contribution in [3.8, 4) is 0 Å². The Hall–Kier alpha value is -0.730. The number of rotatable bonds is 3. The molecule has 1 aliphatic rings. The first-order valence-corrected chi connectivity index (χ1v) is 5.37. The number of halogens is 1. The molecule has 0 radical (unpaired) electrons. The molecule has 0 saturated heterocycles. The quantitative estimate of drug-likeness (QED) is 0.800. The molecule has 14 heavy (non-hydrogen) atoms. The van der Waals surface area contributed by atoms with Gasteiger partial charge in [0.2, 0.25) is 0 Å². The highest BCUT2D eigenvalue weighted by Crippen LogP contribution is 2.32. The van der Waals surface area contributed by atoms with Crippen molar-refractivity contribution < 1.29 is 0 Å². The summed E-state index contributed by atoms with van der Waals surface area (Å²) in [5.74, 6) is 0.